The highest BCUT2D eigenvalue weighted by Gasteiger charge is 2.52. The Hall–Kier alpha value is -2.33. The largest absolute Gasteiger partial charge is 0.383 e. The zero-order valence-corrected chi connectivity index (χ0v) is 13.6. The van der Waals surface area contributed by atoms with Gasteiger partial charge in [0.2, 0.25) is 6.23 Å². The van der Waals surface area contributed by atoms with Crippen LogP contribution in [0.4, 0.5) is 14.6 Å². The van der Waals surface area contributed by atoms with Gasteiger partial charge in [0.15, 0.2) is 0 Å². The third kappa shape index (κ3) is 2.81. The van der Waals surface area contributed by atoms with Gasteiger partial charge in [-0.25, -0.2) is 13.6 Å². The van der Waals surface area contributed by atoms with Gasteiger partial charge >= 0.3 is 5.69 Å². The van der Waals surface area contributed by atoms with Gasteiger partial charge in [0.05, 0.1) is 18.0 Å². The quantitative estimate of drug-likeness (QED) is 0.865. The van der Waals surface area contributed by atoms with Gasteiger partial charge in [0, 0.05) is 44.9 Å². The molecule has 8 nitrogen and oxygen atoms in total. The molecule has 0 aromatic carbocycles. The van der Waals surface area contributed by atoms with E-state index in [1.165, 1.54) is 12.3 Å². The van der Waals surface area contributed by atoms with Crippen LogP contribution in [0.3, 0.4) is 0 Å². The van der Waals surface area contributed by atoms with Crippen molar-refractivity contribution in [3.8, 4) is 0 Å². The molecule has 0 amide bonds. The number of fused-ring (bicyclic) bond motifs is 1. The van der Waals surface area contributed by atoms with Crippen LogP contribution >= 0.6 is 0 Å². The molecule has 134 valence electrons. The maximum absolute atomic E-state index is 14.4. The molecule has 0 aliphatic carbocycles. The molecule has 4 heterocycles. The third-order valence-corrected chi connectivity index (χ3v) is 4.66. The van der Waals surface area contributed by atoms with Crippen LogP contribution in [0.1, 0.15) is 23.9 Å². The normalized spacial score (nSPS) is 25.4. The van der Waals surface area contributed by atoms with Crippen LogP contribution in [0, 0.1) is 0 Å². The summed E-state index contributed by atoms with van der Waals surface area (Å²) in [6.07, 6.45) is 0.209. The van der Waals surface area contributed by atoms with Crippen molar-refractivity contribution >= 4 is 5.82 Å². The standard InChI is InChI=1S/C15H18F2N6O2/c1-21-11-8-22(6-9(11)5-19-21)7-10-4-15(16,17)13(25-10)23-3-2-12(18)20-14(23)24/h2-3,5,10,13H,4,6-8H2,1H3,(H2,18,20,24)/t10-,13+/m0/s1. The van der Waals surface area contributed by atoms with Crippen LogP contribution in [0.2, 0.25) is 0 Å². The summed E-state index contributed by atoms with van der Waals surface area (Å²) in [4.78, 5) is 17.4. The summed E-state index contributed by atoms with van der Waals surface area (Å²) in [5, 5.41) is 4.18. The predicted molar refractivity (Wildman–Crippen MR) is 83.7 cm³/mol. The van der Waals surface area contributed by atoms with E-state index >= 15 is 0 Å². The summed E-state index contributed by atoms with van der Waals surface area (Å²) in [5.74, 6) is -3.16. The first-order valence-electron chi connectivity index (χ1n) is 7.93. The van der Waals surface area contributed by atoms with E-state index in [9.17, 15) is 13.6 Å². The molecule has 1 saturated heterocycles. The number of hydrogen-bond donors (Lipinski definition) is 1. The highest BCUT2D eigenvalue weighted by atomic mass is 19.3. The zero-order valence-electron chi connectivity index (χ0n) is 13.6. The van der Waals surface area contributed by atoms with Crippen molar-refractivity contribution in [3.63, 3.8) is 0 Å². The number of anilines is 1. The Morgan fingerprint density at radius 2 is 2.24 bits per heavy atom. The van der Waals surface area contributed by atoms with Crippen molar-refractivity contribution < 1.29 is 13.5 Å². The monoisotopic (exact) mass is 352 g/mol. The summed E-state index contributed by atoms with van der Waals surface area (Å²) in [5.41, 5.74) is 6.75. The molecule has 0 bridgehead atoms. The topological polar surface area (TPSA) is 91.2 Å². The van der Waals surface area contributed by atoms with E-state index in [1.807, 2.05) is 11.9 Å². The SMILES string of the molecule is Cn1ncc2c1CN(C[C@@H]1CC(F)(F)[C@H](n3ccc(N)nc3=O)O1)C2. The Labute approximate surface area is 141 Å². The smallest absolute Gasteiger partial charge is 0.351 e. The van der Waals surface area contributed by atoms with E-state index in [1.54, 1.807) is 10.9 Å². The maximum atomic E-state index is 14.4. The second-order valence-electron chi connectivity index (χ2n) is 6.53. The van der Waals surface area contributed by atoms with E-state index < -0.39 is 30.4 Å². The molecular weight excluding hydrogens is 334 g/mol. The van der Waals surface area contributed by atoms with E-state index in [2.05, 4.69) is 10.1 Å². The van der Waals surface area contributed by atoms with Crippen molar-refractivity contribution in [1.82, 2.24) is 24.2 Å². The van der Waals surface area contributed by atoms with Gasteiger partial charge in [-0.05, 0) is 6.07 Å². The van der Waals surface area contributed by atoms with Crippen molar-refractivity contribution in [1.29, 1.82) is 0 Å². The number of nitrogen functional groups attached to an aromatic ring is 1. The first kappa shape index (κ1) is 16.2. The number of alkyl halides is 2. The van der Waals surface area contributed by atoms with Crippen molar-refractivity contribution in [2.24, 2.45) is 7.05 Å². The van der Waals surface area contributed by atoms with E-state index in [0.717, 1.165) is 15.8 Å². The first-order valence-corrected chi connectivity index (χ1v) is 7.93. The van der Waals surface area contributed by atoms with Gasteiger partial charge in [-0.15, -0.1) is 0 Å². The lowest BCUT2D eigenvalue weighted by atomic mass is 10.1. The number of rotatable bonds is 3. The second-order valence-corrected chi connectivity index (χ2v) is 6.53. The fraction of sp³-hybridized carbons (Fsp3) is 0.533. The van der Waals surface area contributed by atoms with E-state index in [-0.39, 0.29) is 5.82 Å². The van der Waals surface area contributed by atoms with E-state index in [0.29, 0.717) is 19.6 Å². The Morgan fingerprint density at radius 3 is 2.96 bits per heavy atom. The Bertz CT molecular complexity index is 864. The molecule has 10 heteroatoms. The minimum absolute atomic E-state index is 0.0115. The molecule has 2 atom stereocenters. The summed E-state index contributed by atoms with van der Waals surface area (Å²) in [7, 11) is 1.86. The van der Waals surface area contributed by atoms with Crippen LogP contribution in [-0.2, 0) is 24.9 Å². The number of halogens is 2. The van der Waals surface area contributed by atoms with Crippen LogP contribution < -0.4 is 11.4 Å². The number of nitrogens with two attached hydrogens (primary N) is 1. The average Bonchev–Trinajstić information content (AvgIpc) is 3.15. The fourth-order valence-corrected chi connectivity index (χ4v) is 3.49. The zero-order chi connectivity index (χ0) is 17.8. The molecule has 0 radical (unpaired) electrons. The Morgan fingerprint density at radius 1 is 1.44 bits per heavy atom. The first-order chi connectivity index (χ1) is 11.8. The molecule has 2 N–H and O–H groups in total. The van der Waals surface area contributed by atoms with Crippen molar-refractivity contribution in [2.45, 2.75) is 37.8 Å². The second kappa shape index (κ2) is 5.60. The molecule has 2 aromatic rings. The van der Waals surface area contributed by atoms with Crippen molar-refractivity contribution in [3.05, 3.63) is 40.2 Å². The number of aryl methyl sites for hydroxylation is 1. The lowest BCUT2D eigenvalue weighted by Crippen LogP contribution is -2.35. The van der Waals surface area contributed by atoms with Gasteiger partial charge in [0.25, 0.3) is 5.92 Å². The van der Waals surface area contributed by atoms with Gasteiger partial charge in [-0.2, -0.15) is 10.1 Å². The summed E-state index contributed by atoms with van der Waals surface area (Å²) in [6.45, 7) is 1.66. The molecule has 2 aliphatic rings. The molecule has 0 unspecified atom stereocenters. The predicted octanol–water partition coefficient (Wildman–Crippen LogP) is 0.498. The lowest BCUT2D eigenvalue weighted by molar-refractivity contribution is -0.118. The fourth-order valence-electron chi connectivity index (χ4n) is 3.49. The number of nitrogens with zero attached hydrogens (tertiary/aromatic N) is 5. The molecule has 1 fully saturated rings. The number of ether oxygens (including phenoxy) is 1. The van der Waals surface area contributed by atoms with Crippen LogP contribution in [0.15, 0.2) is 23.3 Å². The average molecular weight is 352 g/mol. The minimum atomic E-state index is -3.15. The molecule has 4 rings (SSSR count). The Kier molecular flexibility index (Phi) is 3.62. The molecule has 2 aliphatic heterocycles. The Balaban J connectivity index is 1.48. The van der Waals surface area contributed by atoms with E-state index in [4.69, 9.17) is 10.5 Å². The van der Waals surface area contributed by atoms with Gasteiger partial charge in [-0.3, -0.25) is 14.1 Å². The van der Waals surface area contributed by atoms with Gasteiger partial charge < -0.3 is 10.5 Å². The number of aromatic nitrogens is 4. The molecule has 0 saturated carbocycles. The molecule has 0 spiro atoms. The maximum Gasteiger partial charge on any atom is 0.351 e. The molecule has 25 heavy (non-hydrogen) atoms. The van der Waals surface area contributed by atoms with Crippen LogP contribution in [0.25, 0.3) is 0 Å². The highest BCUT2D eigenvalue weighted by molar-refractivity contribution is 5.24. The minimum Gasteiger partial charge on any atom is -0.383 e. The van der Waals surface area contributed by atoms with Crippen LogP contribution in [0.5, 0.6) is 0 Å². The summed E-state index contributed by atoms with van der Waals surface area (Å²) in [6, 6.07) is 1.30. The van der Waals surface area contributed by atoms with Crippen LogP contribution in [-0.4, -0.2) is 42.8 Å². The summed E-state index contributed by atoms with van der Waals surface area (Å²) < 4.78 is 36.9. The van der Waals surface area contributed by atoms with Gasteiger partial charge in [-0.1, -0.05) is 0 Å². The summed E-state index contributed by atoms with van der Waals surface area (Å²) >= 11 is 0. The van der Waals surface area contributed by atoms with Gasteiger partial charge in [0.1, 0.15) is 5.82 Å². The third-order valence-electron chi connectivity index (χ3n) is 4.66. The van der Waals surface area contributed by atoms with Crippen molar-refractivity contribution in [2.75, 3.05) is 12.3 Å². The molecular formula is C15H18F2N6O2. The highest BCUT2D eigenvalue weighted by Crippen LogP contribution is 2.42. The lowest BCUT2D eigenvalue weighted by Gasteiger charge is -2.21. The molecule has 2 aromatic heterocycles. The number of hydrogen-bond acceptors (Lipinski definition) is 6.